The van der Waals surface area contributed by atoms with Gasteiger partial charge in [-0.25, -0.2) is 0 Å². The van der Waals surface area contributed by atoms with Gasteiger partial charge in [0.25, 0.3) is 0 Å². The summed E-state index contributed by atoms with van der Waals surface area (Å²) in [7, 11) is 0. The molecule has 0 aromatic rings. The molecule has 0 radical (unpaired) electrons. The first-order valence-corrected chi connectivity index (χ1v) is 37.7. The van der Waals surface area contributed by atoms with Crippen LogP contribution in [-0.4, -0.2) is 37.2 Å². The largest absolute Gasteiger partial charge is 0.462 e. The van der Waals surface area contributed by atoms with E-state index in [0.717, 1.165) is 57.8 Å². The van der Waals surface area contributed by atoms with Gasteiger partial charge in [-0.2, -0.15) is 0 Å². The quantitative estimate of drug-likeness (QED) is 0.0261. The molecule has 0 aromatic carbocycles. The predicted octanol–water partition coefficient (Wildman–Crippen LogP) is 26.0. The Labute approximate surface area is 513 Å². The molecule has 0 aliphatic rings. The fraction of sp³-hybridized carbons (Fsp3) is 0.934. The zero-order valence-electron chi connectivity index (χ0n) is 56.1. The molecule has 6 heteroatoms. The van der Waals surface area contributed by atoms with Gasteiger partial charge in [-0.1, -0.05) is 386 Å². The summed E-state index contributed by atoms with van der Waals surface area (Å²) in [6.45, 7) is 6.75. The fourth-order valence-electron chi connectivity index (χ4n) is 11.9. The molecule has 486 valence electrons. The lowest BCUT2D eigenvalue weighted by Gasteiger charge is -2.18. The molecule has 6 nitrogen and oxygen atoms in total. The standard InChI is InChI=1S/C76H146O6/c1-4-7-10-13-16-19-22-25-28-31-33-35-36-37-38-39-40-42-43-45-48-51-54-57-60-63-66-69-75(78)81-72-73(71-80-74(77)68-65-62-59-56-53-50-47-30-27-24-21-18-15-12-9-6-3)82-76(79)70-67-64-61-58-55-52-49-46-44-41-34-32-29-26-23-20-17-14-11-8-5-2/h31,33,73H,4-30,32,34-72H2,1-3H3/b33-31-. The molecule has 0 aliphatic heterocycles. The van der Waals surface area contributed by atoms with Crippen LogP contribution in [0.3, 0.4) is 0 Å². The smallest absolute Gasteiger partial charge is 0.306 e. The number of carbonyl (C=O) groups excluding carboxylic acids is 3. The molecular weight excluding hydrogens is 1010 g/mol. The van der Waals surface area contributed by atoms with Crippen LogP contribution in [0.15, 0.2) is 12.2 Å². The molecule has 0 rings (SSSR count). The van der Waals surface area contributed by atoms with Crippen molar-refractivity contribution in [2.24, 2.45) is 0 Å². The number of ether oxygens (including phenoxy) is 3. The summed E-state index contributed by atoms with van der Waals surface area (Å²) >= 11 is 0. The zero-order chi connectivity index (χ0) is 59.2. The Kier molecular flexibility index (Phi) is 70.0. The molecule has 0 aromatic heterocycles. The van der Waals surface area contributed by atoms with Crippen LogP contribution >= 0.6 is 0 Å². The highest BCUT2D eigenvalue weighted by atomic mass is 16.6. The number of rotatable bonds is 71. The van der Waals surface area contributed by atoms with E-state index in [2.05, 4.69) is 32.9 Å². The van der Waals surface area contributed by atoms with Gasteiger partial charge in [0.05, 0.1) is 0 Å². The van der Waals surface area contributed by atoms with Gasteiger partial charge < -0.3 is 14.2 Å². The lowest BCUT2D eigenvalue weighted by molar-refractivity contribution is -0.167. The second-order valence-electron chi connectivity index (χ2n) is 25.9. The summed E-state index contributed by atoms with van der Waals surface area (Å²) in [6, 6.07) is 0. The van der Waals surface area contributed by atoms with Crippen molar-refractivity contribution in [3.05, 3.63) is 12.2 Å². The maximum absolute atomic E-state index is 13.0. The maximum Gasteiger partial charge on any atom is 0.306 e. The normalized spacial score (nSPS) is 12.0. The summed E-state index contributed by atoms with van der Waals surface area (Å²) in [6.07, 6.45) is 86.8. The minimum Gasteiger partial charge on any atom is -0.462 e. The second kappa shape index (κ2) is 71.6. The van der Waals surface area contributed by atoms with Gasteiger partial charge in [0.2, 0.25) is 0 Å². The Balaban J connectivity index is 4.22. The molecule has 0 fully saturated rings. The first-order valence-electron chi connectivity index (χ1n) is 37.7. The number of unbranched alkanes of at least 4 members (excludes halogenated alkanes) is 58. The van der Waals surface area contributed by atoms with Crippen LogP contribution in [-0.2, 0) is 28.6 Å². The summed E-state index contributed by atoms with van der Waals surface area (Å²) in [5.41, 5.74) is 0. The van der Waals surface area contributed by atoms with Gasteiger partial charge >= 0.3 is 17.9 Å². The summed E-state index contributed by atoms with van der Waals surface area (Å²) in [4.78, 5) is 38.5. The van der Waals surface area contributed by atoms with Crippen molar-refractivity contribution in [2.45, 2.75) is 444 Å². The van der Waals surface area contributed by atoms with Crippen LogP contribution in [0.1, 0.15) is 438 Å². The van der Waals surface area contributed by atoms with Crippen LogP contribution in [0.5, 0.6) is 0 Å². The van der Waals surface area contributed by atoms with Gasteiger partial charge in [-0.05, 0) is 44.9 Å². The maximum atomic E-state index is 13.0. The Hall–Kier alpha value is -1.85. The molecule has 0 bridgehead atoms. The molecule has 0 amide bonds. The van der Waals surface area contributed by atoms with Crippen molar-refractivity contribution >= 4 is 17.9 Å². The summed E-state index contributed by atoms with van der Waals surface area (Å²) < 4.78 is 17.1. The predicted molar refractivity (Wildman–Crippen MR) is 358 cm³/mol. The van der Waals surface area contributed by atoms with Crippen molar-refractivity contribution in [3.63, 3.8) is 0 Å². The van der Waals surface area contributed by atoms with E-state index in [1.807, 2.05) is 0 Å². The molecule has 0 saturated heterocycles. The molecule has 0 aliphatic carbocycles. The van der Waals surface area contributed by atoms with E-state index in [4.69, 9.17) is 14.2 Å². The Morgan fingerprint density at radius 2 is 0.402 bits per heavy atom. The SMILES string of the molecule is CCCCCCCCCC/C=C\CCCCCCCCCCCCCCCCCC(=O)OCC(COC(=O)CCCCCCCCCCCCCCCCCC)OC(=O)CCCCCCCCCCCCCCCCCCCCCCC. The van der Waals surface area contributed by atoms with Crippen LogP contribution in [0, 0.1) is 0 Å². The van der Waals surface area contributed by atoms with Crippen LogP contribution < -0.4 is 0 Å². The molecule has 0 spiro atoms. The third-order valence-corrected chi connectivity index (χ3v) is 17.5. The Bertz CT molecular complexity index is 1280. The Morgan fingerprint density at radius 1 is 0.232 bits per heavy atom. The summed E-state index contributed by atoms with van der Waals surface area (Å²) in [5, 5.41) is 0. The van der Waals surface area contributed by atoms with Gasteiger partial charge in [0.15, 0.2) is 6.10 Å². The zero-order valence-corrected chi connectivity index (χ0v) is 56.1. The van der Waals surface area contributed by atoms with E-state index >= 15 is 0 Å². The lowest BCUT2D eigenvalue weighted by Crippen LogP contribution is -2.30. The van der Waals surface area contributed by atoms with Crippen molar-refractivity contribution < 1.29 is 28.6 Å². The third kappa shape index (κ3) is 68.9. The van der Waals surface area contributed by atoms with E-state index in [1.54, 1.807) is 0 Å². The first-order chi connectivity index (χ1) is 40.5. The number of esters is 3. The number of allylic oxidation sites excluding steroid dienone is 2. The second-order valence-corrected chi connectivity index (χ2v) is 25.9. The van der Waals surface area contributed by atoms with Crippen LogP contribution in [0.25, 0.3) is 0 Å². The lowest BCUT2D eigenvalue weighted by atomic mass is 10.0. The molecule has 0 saturated carbocycles. The number of hydrogen-bond acceptors (Lipinski definition) is 6. The van der Waals surface area contributed by atoms with E-state index in [-0.39, 0.29) is 31.1 Å². The molecule has 0 N–H and O–H groups in total. The highest BCUT2D eigenvalue weighted by Gasteiger charge is 2.20. The van der Waals surface area contributed by atoms with Gasteiger partial charge in [0, 0.05) is 19.3 Å². The topological polar surface area (TPSA) is 78.9 Å². The minimum atomic E-state index is -0.766. The van der Waals surface area contributed by atoms with Gasteiger partial charge in [-0.3, -0.25) is 14.4 Å². The van der Waals surface area contributed by atoms with Crippen LogP contribution in [0.2, 0.25) is 0 Å². The fourth-order valence-corrected chi connectivity index (χ4v) is 11.9. The van der Waals surface area contributed by atoms with Crippen molar-refractivity contribution in [1.29, 1.82) is 0 Å². The van der Waals surface area contributed by atoms with Crippen LogP contribution in [0.4, 0.5) is 0 Å². The molecule has 0 heterocycles. The van der Waals surface area contributed by atoms with E-state index < -0.39 is 6.10 Å². The van der Waals surface area contributed by atoms with Crippen molar-refractivity contribution in [1.82, 2.24) is 0 Å². The van der Waals surface area contributed by atoms with E-state index in [0.29, 0.717) is 19.3 Å². The average Bonchev–Trinajstić information content (AvgIpc) is 3.47. The molecule has 82 heavy (non-hydrogen) atoms. The molecule has 1 atom stereocenters. The third-order valence-electron chi connectivity index (χ3n) is 17.5. The molecule has 1 unspecified atom stereocenters. The summed E-state index contributed by atoms with van der Waals surface area (Å²) in [5.74, 6) is -0.820. The van der Waals surface area contributed by atoms with E-state index in [1.165, 1.54) is 340 Å². The monoisotopic (exact) mass is 1160 g/mol. The van der Waals surface area contributed by atoms with Gasteiger partial charge in [0.1, 0.15) is 13.2 Å². The number of carbonyl (C=O) groups is 3. The minimum absolute atomic E-state index is 0.0618. The number of hydrogen-bond donors (Lipinski definition) is 0. The highest BCUT2D eigenvalue weighted by Crippen LogP contribution is 2.20. The highest BCUT2D eigenvalue weighted by molar-refractivity contribution is 5.71. The molecular formula is C76H146O6. The van der Waals surface area contributed by atoms with E-state index in [9.17, 15) is 14.4 Å². The first kappa shape index (κ1) is 80.2. The average molecular weight is 1160 g/mol. The van der Waals surface area contributed by atoms with Crippen molar-refractivity contribution in [2.75, 3.05) is 13.2 Å². The van der Waals surface area contributed by atoms with Crippen molar-refractivity contribution in [3.8, 4) is 0 Å². The van der Waals surface area contributed by atoms with Gasteiger partial charge in [-0.15, -0.1) is 0 Å². The Morgan fingerprint density at radius 3 is 0.610 bits per heavy atom.